The van der Waals surface area contributed by atoms with Crippen molar-refractivity contribution < 1.29 is 0 Å². The highest BCUT2D eigenvalue weighted by Crippen LogP contribution is 2.33. The van der Waals surface area contributed by atoms with Crippen molar-refractivity contribution in [1.82, 2.24) is 0 Å². The summed E-state index contributed by atoms with van der Waals surface area (Å²) in [7, 11) is 0. The van der Waals surface area contributed by atoms with Crippen molar-refractivity contribution in [3.05, 3.63) is 103 Å². The van der Waals surface area contributed by atoms with Gasteiger partial charge in [0.05, 0.1) is 22.7 Å². The van der Waals surface area contributed by atoms with Crippen molar-refractivity contribution in [2.24, 2.45) is 0 Å². The maximum atomic E-state index is 6.18. The zero-order valence-corrected chi connectivity index (χ0v) is 15.6. The molecule has 0 heterocycles. The Morgan fingerprint density at radius 3 is 1.71 bits per heavy atom. The molecule has 6 N–H and O–H groups in total. The Balaban J connectivity index is 1.67. The molecule has 0 radical (unpaired) electrons. The molecule has 0 spiro atoms. The van der Waals surface area contributed by atoms with E-state index < -0.39 is 5.66 Å². The van der Waals surface area contributed by atoms with E-state index in [4.69, 9.17) is 11.5 Å². The summed E-state index contributed by atoms with van der Waals surface area (Å²) in [5, 5.41) is 7.17. The zero-order valence-electron chi connectivity index (χ0n) is 15.6. The third-order valence-corrected chi connectivity index (χ3v) is 4.94. The number of hydrogen-bond donors (Lipinski definition) is 4. The number of nitrogens with one attached hydrogen (secondary N) is 2. The van der Waals surface area contributed by atoms with Gasteiger partial charge in [-0.3, -0.25) is 0 Å². The standard InChI is InChI=1S/C24H24N4/c25-20-10-4-6-12-22(20)27-24(28-23-13-7-5-11-21(23)26)16-14-19(15-17-24)18-8-2-1-3-9-18/h1-16,27-28H,17,25-26H2. The van der Waals surface area contributed by atoms with Crippen LogP contribution in [0.1, 0.15) is 12.0 Å². The van der Waals surface area contributed by atoms with Gasteiger partial charge in [0.25, 0.3) is 0 Å². The maximum Gasteiger partial charge on any atom is 0.131 e. The molecule has 0 aromatic heterocycles. The SMILES string of the molecule is Nc1ccccc1NC1(Nc2ccccc2N)C=CC(c2ccccc2)=CC1. The van der Waals surface area contributed by atoms with Crippen LogP contribution < -0.4 is 22.1 Å². The molecule has 0 saturated carbocycles. The minimum absolute atomic E-state index is 0.538. The summed E-state index contributed by atoms with van der Waals surface area (Å²) >= 11 is 0. The molecular formula is C24H24N4. The van der Waals surface area contributed by atoms with Crippen molar-refractivity contribution in [1.29, 1.82) is 0 Å². The van der Waals surface area contributed by atoms with Gasteiger partial charge in [-0.05, 0) is 41.5 Å². The van der Waals surface area contributed by atoms with Gasteiger partial charge >= 0.3 is 0 Å². The normalized spacial score (nSPS) is 14.9. The van der Waals surface area contributed by atoms with Crippen LogP contribution in [0, 0.1) is 0 Å². The molecule has 4 heteroatoms. The minimum Gasteiger partial charge on any atom is -0.397 e. The molecule has 0 aliphatic heterocycles. The Morgan fingerprint density at radius 2 is 1.21 bits per heavy atom. The van der Waals surface area contributed by atoms with Crippen molar-refractivity contribution in [3.8, 4) is 0 Å². The predicted octanol–water partition coefficient (Wildman–Crippen LogP) is 5.11. The molecule has 3 aromatic rings. The monoisotopic (exact) mass is 368 g/mol. The van der Waals surface area contributed by atoms with E-state index in [-0.39, 0.29) is 0 Å². The van der Waals surface area contributed by atoms with Gasteiger partial charge < -0.3 is 22.1 Å². The second-order valence-corrected chi connectivity index (χ2v) is 6.96. The van der Waals surface area contributed by atoms with Crippen molar-refractivity contribution in [3.63, 3.8) is 0 Å². The van der Waals surface area contributed by atoms with E-state index in [1.54, 1.807) is 0 Å². The average Bonchev–Trinajstić information content (AvgIpc) is 2.73. The molecule has 140 valence electrons. The summed E-state index contributed by atoms with van der Waals surface area (Å²) in [6, 6.07) is 25.9. The molecule has 4 rings (SSSR count). The molecule has 1 aliphatic rings. The predicted molar refractivity (Wildman–Crippen MR) is 120 cm³/mol. The van der Waals surface area contributed by atoms with Crippen LogP contribution in [0.5, 0.6) is 0 Å². The van der Waals surface area contributed by atoms with Gasteiger partial charge in [-0.1, -0.05) is 66.7 Å². The molecule has 0 fully saturated rings. The first-order valence-electron chi connectivity index (χ1n) is 9.35. The van der Waals surface area contributed by atoms with Crippen LogP contribution in [0.15, 0.2) is 97.1 Å². The van der Waals surface area contributed by atoms with Crippen molar-refractivity contribution in [2.45, 2.75) is 12.1 Å². The minimum atomic E-state index is -0.538. The molecule has 0 unspecified atom stereocenters. The van der Waals surface area contributed by atoms with Crippen molar-refractivity contribution >= 4 is 28.3 Å². The fraction of sp³-hybridized carbons (Fsp3) is 0.0833. The fourth-order valence-electron chi connectivity index (χ4n) is 3.40. The quantitative estimate of drug-likeness (QED) is 0.373. The molecule has 0 atom stereocenters. The summed E-state index contributed by atoms with van der Waals surface area (Å²) in [5.74, 6) is 0. The van der Waals surface area contributed by atoms with Crippen molar-refractivity contribution in [2.75, 3.05) is 22.1 Å². The van der Waals surface area contributed by atoms with Gasteiger partial charge in [0.2, 0.25) is 0 Å². The van der Waals surface area contributed by atoms with Gasteiger partial charge in [-0.25, -0.2) is 0 Å². The number of nitrogen functional groups attached to an aromatic ring is 2. The molecule has 0 bridgehead atoms. The van der Waals surface area contributed by atoms with E-state index in [0.717, 1.165) is 17.8 Å². The molecular weight excluding hydrogens is 344 g/mol. The van der Waals surface area contributed by atoms with Gasteiger partial charge in [0, 0.05) is 6.42 Å². The highest BCUT2D eigenvalue weighted by molar-refractivity contribution is 5.78. The highest BCUT2D eigenvalue weighted by atomic mass is 15.2. The third-order valence-electron chi connectivity index (χ3n) is 4.94. The molecule has 0 saturated heterocycles. The lowest BCUT2D eigenvalue weighted by molar-refractivity contribution is 0.661. The summed E-state index contributed by atoms with van der Waals surface area (Å²) < 4.78 is 0. The highest BCUT2D eigenvalue weighted by Gasteiger charge is 2.29. The summed E-state index contributed by atoms with van der Waals surface area (Å²) in [6.07, 6.45) is 7.25. The van der Waals surface area contributed by atoms with Crippen LogP contribution in [0.2, 0.25) is 0 Å². The number of hydrogen-bond acceptors (Lipinski definition) is 4. The second-order valence-electron chi connectivity index (χ2n) is 6.96. The lowest BCUT2D eigenvalue weighted by Crippen LogP contribution is -2.45. The smallest absolute Gasteiger partial charge is 0.131 e. The Hall–Kier alpha value is -3.66. The van der Waals surface area contributed by atoms with E-state index in [2.05, 4.69) is 53.1 Å². The topological polar surface area (TPSA) is 76.1 Å². The van der Waals surface area contributed by atoms with E-state index in [1.807, 2.05) is 54.6 Å². The number of nitrogens with two attached hydrogens (primary N) is 2. The maximum absolute atomic E-state index is 6.18. The summed E-state index contributed by atoms with van der Waals surface area (Å²) in [4.78, 5) is 0. The van der Waals surface area contributed by atoms with E-state index in [1.165, 1.54) is 11.1 Å². The number of benzene rings is 3. The van der Waals surface area contributed by atoms with Gasteiger partial charge in [0.15, 0.2) is 0 Å². The molecule has 0 amide bonds. The summed E-state index contributed by atoms with van der Waals surface area (Å²) in [6.45, 7) is 0. The molecule has 4 nitrogen and oxygen atoms in total. The van der Waals surface area contributed by atoms with Gasteiger partial charge in [-0.2, -0.15) is 0 Å². The average molecular weight is 368 g/mol. The zero-order chi connectivity index (χ0) is 19.4. The molecule has 28 heavy (non-hydrogen) atoms. The fourth-order valence-corrected chi connectivity index (χ4v) is 3.40. The van der Waals surface area contributed by atoms with Crippen LogP contribution in [0.4, 0.5) is 22.7 Å². The lowest BCUT2D eigenvalue weighted by atomic mass is 9.92. The summed E-state index contributed by atoms with van der Waals surface area (Å²) in [5.41, 5.74) is 17.4. The first kappa shape index (κ1) is 17.7. The van der Waals surface area contributed by atoms with Crippen LogP contribution in [0.25, 0.3) is 5.57 Å². The Morgan fingerprint density at radius 1 is 0.679 bits per heavy atom. The molecule has 3 aromatic carbocycles. The van der Waals surface area contributed by atoms with Crippen LogP contribution in [-0.2, 0) is 0 Å². The number of rotatable bonds is 5. The molecule has 1 aliphatic carbocycles. The Kier molecular flexibility index (Phi) is 4.77. The Labute approximate surface area is 165 Å². The first-order chi connectivity index (χ1) is 13.7. The largest absolute Gasteiger partial charge is 0.397 e. The number of allylic oxidation sites excluding steroid dienone is 2. The third kappa shape index (κ3) is 3.71. The number of para-hydroxylation sites is 4. The second kappa shape index (κ2) is 7.53. The van der Waals surface area contributed by atoms with E-state index >= 15 is 0 Å². The van der Waals surface area contributed by atoms with Crippen LogP contribution in [0.3, 0.4) is 0 Å². The van der Waals surface area contributed by atoms with E-state index in [0.29, 0.717) is 11.4 Å². The van der Waals surface area contributed by atoms with Gasteiger partial charge in [-0.15, -0.1) is 0 Å². The number of anilines is 4. The van der Waals surface area contributed by atoms with Crippen LogP contribution in [-0.4, -0.2) is 5.66 Å². The Bertz CT molecular complexity index is 974. The van der Waals surface area contributed by atoms with Crippen LogP contribution >= 0.6 is 0 Å². The van der Waals surface area contributed by atoms with Gasteiger partial charge in [0.1, 0.15) is 5.66 Å². The lowest BCUT2D eigenvalue weighted by Gasteiger charge is -2.37. The first-order valence-corrected chi connectivity index (χ1v) is 9.35. The van der Waals surface area contributed by atoms with E-state index in [9.17, 15) is 0 Å².